The van der Waals surface area contributed by atoms with Crippen LogP contribution in [0.2, 0.25) is 0 Å². The van der Waals surface area contributed by atoms with Crippen LogP contribution in [0.1, 0.15) is 25.3 Å². The third-order valence-corrected chi connectivity index (χ3v) is 2.80. The quantitative estimate of drug-likeness (QED) is 0.754. The van der Waals surface area contributed by atoms with Gasteiger partial charge in [0.15, 0.2) is 0 Å². The molecule has 0 aliphatic rings. The molecule has 0 aromatic heterocycles. The predicted octanol–water partition coefficient (Wildman–Crippen LogP) is 2.11. The smallest absolute Gasteiger partial charge is 0.310 e. The van der Waals surface area contributed by atoms with E-state index >= 15 is 0 Å². The van der Waals surface area contributed by atoms with E-state index in [1.807, 2.05) is 31.2 Å². The van der Waals surface area contributed by atoms with Crippen molar-refractivity contribution in [3.63, 3.8) is 0 Å². The molecule has 0 spiro atoms. The fourth-order valence-corrected chi connectivity index (χ4v) is 1.67. The van der Waals surface area contributed by atoms with Gasteiger partial charge in [0.2, 0.25) is 0 Å². The summed E-state index contributed by atoms with van der Waals surface area (Å²) in [5.41, 5.74) is 6.49. The number of nitrogens with two attached hydrogens (primary N) is 1. The van der Waals surface area contributed by atoms with Gasteiger partial charge in [-0.15, -0.1) is 0 Å². The lowest BCUT2D eigenvalue weighted by molar-refractivity contribution is -0.149. The first-order valence-corrected chi connectivity index (χ1v) is 6.20. The monoisotopic (exact) mass is 251 g/mol. The van der Waals surface area contributed by atoms with Gasteiger partial charge < -0.3 is 15.2 Å². The Morgan fingerprint density at radius 3 is 2.50 bits per heavy atom. The zero-order valence-electron chi connectivity index (χ0n) is 11.0. The van der Waals surface area contributed by atoms with Crippen LogP contribution in [0.3, 0.4) is 0 Å². The van der Waals surface area contributed by atoms with Crippen LogP contribution in [-0.2, 0) is 16.1 Å². The Kier molecular flexibility index (Phi) is 6.22. The summed E-state index contributed by atoms with van der Waals surface area (Å²) in [6, 6.07) is 7.44. The van der Waals surface area contributed by atoms with Gasteiger partial charge in [-0.05, 0) is 24.1 Å². The number of hydrogen-bond acceptors (Lipinski definition) is 4. The molecule has 0 fully saturated rings. The zero-order valence-corrected chi connectivity index (χ0v) is 11.0. The summed E-state index contributed by atoms with van der Waals surface area (Å²) in [5, 5.41) is 0. The summed E-state index contributed by atoms with van der Waals surface area (Å²) in [6.07, 6.45) is 1.71. The average molecular weight is 251 g/mol. The highest BCUT2D eigenvalue weighted by molar-refractivity contribution is 5.72. The zero-order chi connectivity index (χ0) is 13.4. The highest BCUT2D eigenvalue weighted by Crippen LogP contribution is 2.13. The molecule has 18 heavy (non-hydrogen) atoms. The van der Waals surface area contributed by atoms with Crippen LogP contribution >= 0.6 is 0 Å². The number of carbonyl (C=O) groups is 1. The van der Waals surface area contributed by atoms with Crippen molar-refractivity contribution >= 4 is 5.97 Å². The Bertz CT molecular complexity index is 362. The first-order chi connectivity index (χ1) is 8.71. The van der Waals surface area contributed by atoms with Crippen molar-refractivity contribution in [2.45, 2.75) is 26.4 Å². The van der Waals surface area contributed by atoms with E-state index in [9.17, 15) is 4.79 Å². The summed E-state index contributed by atoms with van der Waals surface area (Å²) in [4.78, 5) is 11.7. The number of carbonyl (C=O) groups excluding carboxylic acids is 1. The first kappa shape index (κ1) is 14.5. The van der Waals surface area contributed by atoms with Crippen molar-refractivity contribution in [1.82, 2.24) is 0 Å². The molecule has 0 saturated heterocycles. The molecule has 4 nitrogen and oxygen atoms in total. The third kappa shape index (κ3) is 4.37. The fourth-order valence-electron chi connectivity index (χ4n) is 1.67. The normalized spacial score (nSPS) is 11.9. The molecule has 0 heterocycles. The second kappa shape index (κ2) is 7.71. The molecular formula is C14H21NO3. The summed E-state index contributed by atoms with van der Waals surface area (Å²) in [6.45, 7) is 2.65. The number of ether oxygens (including phenoxy) is 2. The van der Waals surface area contributed by atoms with Gasteiger partial charge in [0.25, 0.3) is 0 Å². The van der Waals surface area contributed by atoms with Gasteiger partial charge in [-0.2, -0.15) is 0 Å². The predicted molar refractivity (Wildman–Crippen MR) is 70.2 cm³/mol. The van der Waals surface area contributed by atoms with Crippen LogP contribution in [0.4, 0.5) is 0 Å². The molecule has 4 heteroatoms. The van der Waals surface area contributed by atoms with Crippen molar-refractivity contribution in [3.8, 4) is 5.75 Å². The SMILES string of the molecule is CCCC(CN)C(=O)OCc1ccc(OC)cc1. The molecule has 1 atom stereocenters. The highest BCUT2D eigenvalue weighted by Gasteiger charge is 2.17. The molecule has 100 valence electrons. The maximum Gasteiger partial charge on any atom is 0.310 e. The molecule has 0 aliphatic heterocycles. The van der Waals surface area contributed by atoms with E-state index in [1.165, 1.54) is 0 Å². The van der Waals surface area contributed by atoms with Crippen LogP contribution in [0.25, 0.3) is 0 Å². The van der Waals surface area contributed by atoms with E-state index in [2.05, 4.69) is 0 Å². The Morgan fingerprint density at radius 1 is 1.33 bits per heavy atom. The number of hydrogen-bond donors (Lipinski definition) is 1. The van der Waals surface area contributed by atoms with Crippen LogP contribution < -0.4 is 10.5 Å². The van der Waals surface area contributed by atoms with Crippen molar-refractivity contribution in [2.75, 3.05) is 13.7 Å². The summed E-state index contributed by atoms with van der Waals surface area (Å²) < 4.78 is 10.3. The summed E-state index contributed by atoms with van der Waals surface area (Å²) in [7, 11) is 1.62. The molecule has 0 saturated carbocycles. The maximum absolute atomic E-state index is 11.7. The van der Waals surface area contributed by atoms with E-state index < -0.39 is 0 Å². The molecule has 0 bridgehead atoms. The van der Waals surface area contributed by atoms with E-state index in [4.69, 9.17) is 15.2 Å². The van der Waals surface area contributed by atoms with Crippen molar-refractivity contribution in [3.05, 3.63) is 29.8 Å². The Balaban J connectivity index is 2.45. The largest absolute Gasteiger partial charge is 0.497 e. The minimum Gasteiger partial charge on any atom is -0.497 e. The van der Waals surface area contributed by atoms with Gasteiger partial charge in [0, 0.05) is 6.54 Å². The average Bonchev–Trinajstić information content (AvgIpc) is 2.42. The standard InChI is InChI=1S/C14H21NO3/c1-3-4-12(9-15)14(16)18-10-11-5-7-13(17-2)8-6-11/h5-8,12H,3-4,9-10,15H2,1-2H3. The lowest BCUT2D eigenvalue weighted by atomic mass is 10.0. The number of methoxy groups -OCH3 is 1. The van der Waals surface area contributed by atoms with Crippen LogP contribution in [0, 0.1) is 5.92 Å². The minimum atomic E-state index is -0.213. The Labute approximate surface area is 108 Å². The summed E-state index contributed by atoms with van der Waals surface area (Å²) in [5.74, 6) is 0.388. The maximum atomic E-state index is 11.7. The van der Waals surface area contributed by atoms with Crippen LogP contribution in [0.5, 0.6) is 5.75 Å². The molecule has 0 aliphatic carbocycles. The second-order valence-electron chi connectivity index (χ2n) is 4.18. The van der Waals surface area contributed by atoms with E-state index in [0.29, 0.717) is 6.54 Å². The molecule has 0 radical (unpaired) electrons. The number of benzene rings is 1. The molecule has 2 N–H and O–H groups in total. The molecule has 0 amide bonds. The Hall–Kier alpha value is -1.55. The van der Waals surface area contributed by atoms with Crippen LogP contribution in [0.15, 0.2) is 24.3 Å². The van der Waals surface area contributed by atoms with Crippen molar-refractivity contribution in [2.24, 2.45) is 11.7 Å². The number of esters is 1. The number of rotatable bonds is 7. The Morgan fingerprint density at radius 2 is 2.00 bits per heavy atom. The molecule has 1 rings (SSSR count). The lowest BCUT2D eigenvalue weighted by Crippen LogP contribution is -2.25. The third-order valence-electron chi connectivity index (χ3n) is 2.80. The van der Waals surface area contributed by atoms with Gasteiger partial charge in [0.1, 0.15) is 12.4 Å². The molecule has 1 unspecified atom stereocenters. The summed E-state index contributed by atoms with van der Waals surface area (Å²) >= 11 is 0. The molecular weight excluding hydrogens is 230 g/mol. The highest BCUT2D eigenvalue weighted by atomic mass is 16.5. The topological polar surface area (TPSA) is 61.6 Å². The molecule has 1 aromatic rings. The van der Waals surface area contributed by atoms with Gasteiger partial charge in [-0.3, -0.25) is 4.79 Å². The van der Waals surface area contributed by atoms with Gasteiger partial charge in [-0.1, -0.05) is 25.5 Å². The van der Waals surface area contributed by atoms with Gasteiger partial charge in [0.05, 0.1) is 13.0 Å². The lowest BCUT2D eigenvalue weighted by Gasteiger charge is -2.13. The van der Waals surface area contributed by atoms with E-state index in [-0.39, 0.29) is 18.5 Å². The van der Waals surface area contributed by atoms with Gasteiger partial charge in [-0.25, -0.2) is 0 Å². The second-order valence-corrected chi connectivity index (χ2v) is 4.18. The van der Waals surface area contributed by atoms with Gasteiger partial charge >= 0.3 is 5.97 Å². The molecule has 1 aromatic carbocycles. The van der Waals surface area contributed by atoms with Crippen LogP contribution in [-0.4, -0.2) is 19.6 Å². The minimum absolute atomic E-state index is 0.187. The van der Waals surface area contributed by atoms with Crippen molar-refractivity contribution < 1.29 is 14.3 Å². The van der Waals surface area contributed by atoms with E-state index in [0.717, 1.165) is 24.2 Å². The first-order valence-electron chi connectivity index (χ1n) is 6.20. The van der Waals surface area contributed by atoms with E-state index in [1.54, 1.807) is 7.11 Å². The fraction of sp³-hybridized carbons (Fsp3) is 0.500. The van der Waals surface area contributed by atoms with Crippen molar-refractivity contribution in [1.29, 1.82) is 0 Å².